The summed E-state index contributed by atoms with van der Waals surface area (Å²) in [5.41, 5.74) is 3.04. The number of aromatic nitrogens is 1. The summed E-state index contributed by atoms with van der Waals surface area (Å²) < 4.78 is 27.4. The van der Waals surface area contributed by atoms with Crippen LogP contribution in [-0.4, -0.2) is 48.7 Å². The summed E-state index contributed by atoms with van der Waals surface area (Å²) in [7, 11) is -3.64. The highest BCUT2D eigenvalue weighted by Gasteiger charge is 2.30. The Bertz CT molecular complexity index is 1280. The second-order valence-electron chi connectivity index (χ2n) is 8.26. The molecular formula is C24H26N4O4S2. The molecule has 2 amide bonds. The van der Waals surface area contributed by atoms with Crippen molar-refractivity contribution in [2.45, 2.75) is 37.6 Å². The fourth-order valence-electron chi connectivity index (χ4n) is 3.77. The molecule has 1 saturated heterocycles. The van der Waals surface area contributed by atoms with Gasteiger partial charge in [0.05, 0.1) is 4.90 Å². The van der Waals surface area contributed by atoms with Crippen LogP contribution in [0.5, 0.6) is 0 Å². The van der Waals surface area contributed by atoms with Crippen molar-refractivity contribution in [3.05, 3.63) is 65.2 Å². The van der Waals surface area contributed by atoms with Gasteiger partial charge in [0.1, 0.15) is 10.7 Å². The third-order valence-electron chi connectivity index (χ3n) is 5.64. The predicted octanol–water partition coefficient (Wildman–Crippen LogP) is 3.66. The van der Waals surface area contributed by atoms with Crippen molar-refractivity contribution in [3.63, 3.8) is 0 Å². The molecule has 1 aromatic heterocycles. The molecule has 0 atom stereocenters. The van der Waals surface area contributed by atoms with E-state index in [1.807, 2.05) is 31.2 Å². The standard InChI is InChI=1S/C24H26N4O4S2/c1-16-3-5-18(6-4-16)24-27-22(15-33-24)23(30)26-20-11-13-28(14-12-20)34(31,32)21-9-7-19(8-10-21)25-17(2)29/h3-10,15,20H,11-14H2,1-2H3,(H,25,29)(H,26,30). The zero-order valence-electron chi connectivity index (χ0n) is 18.9. The monoisotopic (exact) mass is 498 g/mol. The molecule has 2 heterocycles. The highest BCUT2D eigenvalue weighted by Crippen LogP contribution is 2.25. The number of piperidine rings is 1. The Morgan fingerprint density at radius 2 is 1.68 bits per heavy atom. The molecule has 178 valence electrons. The molecule has 0 spiro atoms. The largest absolute Gasteiger partial charge is 0.348 e. The van der Waals surface area contributed by atoms with Crippen LogP contribution in [0.25, 0.3) is 10.6 Å². The first-order valence-corrected chi connectivity index (χ1v) is 13.3. The molecule has 0 saturated carbocycles. The normalized spacial score (nSPS) is 15.1. The SMILES string of the molecule is CC(=O)Nc1ccc(S(=O)(=O)N2CCC(NC(=O)c3csc(-c4ccc(C)cc4)n3)CC2)cc1. The summed E-state index contributed by atoms with van der Waals surface area (Å²) >= 11 is 1.42. The molecule has 0 radical (unpaired) electrons. The van der Waals surface area contributed by atoms with Gasteiger partial charge in [0.25, 0.3) is 5.91 Å². The minimum atomic E-state index is -3.64. The van der Waals surface area contributed by atoms with Crippen LogP contribution in [0.4, 0.5) is 5.69 Å². The summed E-state index contributed by atoms with van der Waals surface area (Å²) in [4.78, 5) is 28.5. The molecule has 3 aromatic rings. The molecular weight excluding hydrogens is 472 g/mol. The van der Waals surface area contributed by atoms with E-state index >= 15 is 0 Å². The molecule has 2 N–H and O–H groups in total. The molecule has 10 heteroatoms. The van der Waals surface area contributed by atoms with Gasteiger partial charge in [-0.3, -0.25) is 9.59 Å². The van der Waals surface area contributed by atoms with Gasteiger partial charge in [-0.2, -0.15) is 4.31 Å². The van der Waals surface area contributed by atoms with Gasteiger partial charge < -0.3 is 10.6 Å². The van der Waals surface area contributed by atoms with E-state index in [2.05, 4.69) is 15.6 Å². The van der Waals surface area contributed by atoms with Crippen LogP contribution >= 0.6 is 11.3 Å². The number of hydrogen-bond acceptors (Lipinski definition) is 6. The van der Waals surface area contributed by atoms with Gasteiger partial charge in [0.15, 0.2) is 0 Å². The number of carbonyl (C=O) groups is 2. The minimum Gasteiger partial charge on any atom is -0.348 e. The fraction of sp³-hybridized carbons (Fsp3) is 0.292. The summed E-state index contributed by atoms with van der Waals surface area (Å²) in [6, 6.07) is 14.0. The number of carbonyl (C=O) groups excluding carboxylic acids is 2. The van der Waals surface area contributed by atoms with Gasteiger partial charge in [-0.1, -0.05) is 29.8 Å². The van der Waals surface area contributed by atoms with Gasteiger partial charge in [0, 0.05) is 42.7 Å². The van der Waals surface area contributed by atoms with Crippen molar-refractivity contribution >= 4 is 38.9 Å². The first kappa shape index (κ1) is 24.1. The zero-order valence-corrected chi connectivity index (χ0v) is 20.6. The number of rotatable bonds is 6. The number of sulfonamides is 1. The summed E-state index contributed by atoms with van der Waals surface area (Å²) in [5, 5.41) is 8.14. The second-order valence-corrected chi connectivity index (χ2v) is 11.1. The van der Waals surface area contributed by atoms with E-state index in [-0.39, 0.29) is 22.8 Å². The highest BCUT2D eigenvalue weighted by atomic mass is 32.2. The Morgan fingerprint density at radius 3 is 2.29 bits per heavy atom. The quantitative estimate of drug-likeness (QED) is 0.539. The van der Waals surface area contributed by atoms with Crippen molar-refractivity contribution in [2.24, 2.45) is 0 Å². The predicted molar refractivity (Wildman–Crippen MR) is 132 cm³/mol. The van der Waals surface area contributed by atoms with E-state index in [4.69, 9.17) is 0 Å². The summed E-state index contributed by atoms with van der Waals surface area (Å²) in [5.74, 6) is -0.465. The van der Waals surface area contributed by atoms with E-state index in [1.165, 1.54) is 34.7 Å². The second kappa shape index (κ2) is 10.0. The van der Waals surface area contributed by atoms with Crippen molar-refractivity contribution in [2.75, 3.05) is 18.4 Å². The lowest BCUT2D eigenvalue weighted by Gasteiger charge is -2.31. The molecule has 4 rings (SSSR count). The maximum Gasteiger partial charge on any atom is 0.270 e. The van der Waals surface area contributed by atoms with Crippen molar-refractivity contribution in [1.29, 1.82) is 0 Å². The molecule has 2 aromatic carbocycles. The average molecular weight is 499 g/mol. The van der Waals surface area contributed by atoms with Gasteiger partial charge >= 0.3 is 0 Å². The van der Waals surface area contributed by atoms with E-state index in [9.17, 15) is 18.0 Å². The van der Waals surface area contributed by atoms with E-state index in [1.54, 1.807) is 17.5 Å². The molecule has 0 bridgehead atoms. The van der Waals surface area contributed by atoms with Gasteiger partial charge in [0.2, 0.25) is 15.9 Å². The number of benzene rings is 2. The fourth-order valence-corrected chi connectivity index (χ4v) is 6.05. The Balaban J connectivity index is 1.33. The van der Waals surface area contributed by atoms with Gasteiger partial charge in [-0.05, 0) is 44.0 Å². The van der Waals surface area contributed by atoms with Crippen LogP contribution in [0.1, 0.15) is 35.8 Å². The van der Waals surface area contributed by atoms with Crippen LogP contribution in [0.15, 0.2) is 58.8 Å². The van der Waals surface area contributed by atoms with Crippen molar-refractivity contribution < 1.29 is 18.0 Å². The lowest BCUT2D eigenvalue weighted by atomic mass is 10.1. The van der Waals surface area contributed by atoms with Crippen molar-refractivity contribution in [1.82, 2.24) is 14.6 Å². The Kier molecular flexibility index (Phi) is 7.11. The van der Waals surface area contributed by atoms with Crippen molar-refractivity contribution in [3.8, 4) is 10.6 Å². The van der Waals surface area contributed by atoms with E-state index < -0.39 is 10.0 Å². The lowest BCUT2D eigenvalue weighted by molar-refractivity contribution is -0.114. The zero-order chi connectivity index (χ0) is 24.3. The van der Waals surface area contributed by atoms with Crippen LogP contribution in [-0.2, 0) is 14.8 Å². The Hall–Kier alpha value is -3.08. The number of nitrogens with zero attached hydrogens (tertiary/aromatic N) is 2. The molecule has 8 nitrogen and oxygen atoms in total. The summed E-state index contributed by atoms with van der Waals surface area (Å²) in [6.45, 7) is 4.04. The van der Waals surface area contributed by atoms with Gasteiger partial charge in [-0.15, -0.1) is 11.3 Å². The lowest BCUT2D eigenvalue weighted by Crippen LogP contribution is -2.46. The average Bonchev–Trinajstić information content (AvgIpc) is 3.30. The number of anilines is 1. The number of aryl methyl sites for hydroxylation is 1. The molecule has 1 fully saturated rings. The molecule has 1 aliphatic rings. The Labute approximate surface area is 203 Å². The van der Waals surface area contributed by atoms with Crippen LogP contribution in [0.3, 0.4) is 0 Å². The van der Waals surface area contributed by atoms with Crippen LogP contribution in [0.2, 0.25) is 0 Å². The Morgan fingerprint density at radius 1 is 1.03 bits per heavy atom. The highest BCUT2D eigenvalue weighted by molar-refractivity contribution is 7.89. The molecule has 34 heavy (non-hydrogen) atoms. The number of hydrogen-bond donors (Lipinski definition) is 2. The summed E-state index contributed by atoms with van der Waals surface area (Å²) in [6.07, 6.45) is 1.04. The minimum absolute atomic E-state index is 0.120. The third-order valence-corrected chi connectivity index (χ3v) is 8.44. The van der Waals surface area contributed by atoms with Gasteiger partial charge in [-0.25, -0.2) is 13.4 Å². The molecule has 0 unspecified atom stereocenters. The number of nitrogens with one attached hydrogen (secondary N) is 2. The van der Waals surface area contributed by atoms with E-state index in [0.717, 1.165) is 16.1 Å². The number of thiazole rings is 1. The van der Waals surface area contributed by atoms with Crippen LogP contribution in [0, 0.1) is 6.92 Å². The van der Waals surface area contributed by atoms with E-state index in [0.29, 0.717) is 37.3 Å². The smallest absolute Gasteiger partial charge is 0.270 e. The molecule has 0 aliphatic carbocycles. The van der Waals surface area contributed by atoms with Crippen LogP contribution < -0.4 is 10.6 Å². The molecule has 1 aliphatic heterocycles. The number of amides is 2. The topological polar surface area (TPSA) is 108 Å². The first-order valence-electron chi connectivity index (χ1n) is 10.9. The third kappa shape index (κ3) is 5.52. The maximum atomic E-state index is 13.0. The first-order chi connectivity index (χ1) is 16.2. The maximum absolute atomic E-state index is 13.0.